The van der Waals surface area contributed by atoms with Crippen molar-refractivity contribution in [3.8, 4) is 0 Å². The first-order chi connectivity index (χ1) is 11.8. The van der Waals surface area contributed by atoms with Gasteiger partial charge in [0.05, 0.1) is 11.8 Å². The van der Waals surface area contributed by atoms with Crippen LogP contribution < -0.4 is 4.90 Å². The molecule has 1 heterocycles. The van der Waals surface area contributed by atoms with Crippen LogP contribution in [0.1, 0.15) is 27.0 Å². The van der Waals surface area contributed by atoms with Crippen LogP contribution in [0, 0.1) is 20.8 Å². The topological polar surface area (TPSA) is 54.5 Å². The predicted molar refractivity (Wildman–Crippen MR) is 101 cm³/mol. The van der Waals surface area contributed by atoms with Crippen molar-refractivity contribution in [1.29, 1.82) is 0 Å². The molecule has 25 heavy (non-hydrogen) atoms. The van der Waals surface area contributed by atoms with Gasteiger partial charge >= 0.3 is 0 Å². The molecule has 0 radical (unpaired) electrons. The number of carbonyl (C=O) groups excluding carboxylic acids is 1. The molecule has 2 aromatic carbocycles. The van der Waals surface area contributed by atoms with Gasteiger partial charge in [-0.25, -0.2) is 8.42 Å². The number of rotatable bonds is 3. The molecule has 1 aliphatic rings. The largest absolute Gasteiger partial charge is 0.300 e. The zero-order valence-electron chi connectivity index (χ0n) is 14.6. The van der Waals surface area contributed by atoms with E-state index in [4.69, 9.17) is 0 Å². The highest BCUT2D eigenvalue weighted by Crippen LogP contribution is 2.26. The van der Waals surface area contributed by atoms with E-state index in [1.54, 1.807) is 17.0 Å². The molecule has 1 unspecified atom stereocenters. The number of carbonyl (C=O) groups is 1. The summed E-state index contributed by atoms with van der Waals surface area (Å²) >= 11 is 0. The maximum absolute atomic E-state index is 13.2. The van der Waals surface area contributed by atoms with Gasteiger partial charge < -0.3 is 4.90 Å². The Morgan fingerprint density at radius 3 is 2.24 bits per heavy atom. The molecule has 1 aliphatic heterocycles. The van der Waals surface area contributed by atoms with Crippen LogP contribution in [0.5, 0.6) is 0 Å². The van der Waals surface area contributed by atoms with Crippen molar-refractivity contribution in [2.45, 2.75) is 26.8 Å². The molecule has 1 atom stereocenters. The maximum atomic E-state index is 13.2. The lowest BCUT2D eigenvalue weighted by molar-refractivity contribution is 0.0983. The van der Waals surface area contributed by atoms with Crippen LogP contribution in [-0.2, 0) is 9.84 Å². The summed E-state index contributed by atoms with van der Waals surface area (Å²) in [6.45, 7) is 5.93. The Hall–Kier alpha value is -2.40. The van der Waals surface area contributed by atoms with E-state index < -0.39 is 15.9 Å². The first-order valence-electron chi connectivity index (χ1n) is 8.15. The number of sulfone groups is 1. The lowest BCUT2D eigenvalue weighted by Gasteiger charge is -2.28. The third kappa shape index (κ3) is 3.66. The molecule has 0 saturated heterocycles. The van der Waals surface area contributed by atoms with Gasteiger partial charge in [0.1, 0.15) is 0 Å². The number of anilines is 1. The number of hydrogen-bond donors (Lipinski definition) is 0. The highest BCUT2D eigenvalue weighted by Gasteiger charge is 2.32. The van der Waals surface area contributed by atoms with Gasteiger partial charge in [0, 0.05) is 16.7 Å². The van der Waals surface area contributed by atoms with Gasteiger partial charge in [-0.2, -0.15) is 0 Å². The Labute approximate surface area is 148 Å². The highest BCUT2D eigenvalue weighted by molar-refractivity contribution is 7.94. The second kappa shape index (κ2) is 6.48. The summed E-state index contributed by atoms with van der Waals surface area (Å²) in [4.78, 5) is 14.8. The molecule has 0 saturated carbocycles. The van der Waals surface area contributed by atoms with Crippen LogP contribution in [0.2, 0.25) is 0 Å². The summed E-state index contributed by atoms with van der Waals surface area (Å²) in [6.07, 6.45) is 1.59. The summed E-state index contributed by atoms with van der Waals surface area (Å²) in [5.41, 5.74) is 4.48. The molecule has 5 heteroatoms. The van der Waals surface area contributed by atoms with Gasteiger partial charge in [0.15, 0.2) is 9.84 Å². The summed E-state index contributed by atoms with van der Waals surface area (Å²) in [6, 6.07) is 12.6. The summed E-state index contributed by atoms with van der Waals surface area (Å²) < 4.78 is 23.7. The standard InChI is InChI=1S/C20H21NO3S/c1-14-4-8-18(9-5-14)21(19-10-11-25(23,24)13-19)20(22)17-7-6-15(2)16(3)12-17/h4-12,19H,13H2,1-3H3. The van der Waals surface area contributed by atoms with Crippen molar-refractivity contribution in [1.82, 2.24) is 0 Å². The molecule has 0 N–H and O–H groups in total. The van der Waals surface area contributed by atoms with Gasteiger partial charge in [0.25, 0.3) is 5.91 Å². The number of benzene rings is 2. The third-order valence-corrected chi connectivity index (χ3v) is 5.91. The van der Waals surface area contributed by atoms with Gasteiger partial charge in [-0.1, -0.05) is 23.8 Å². The fourth-order valence-corrected chi connectivity index (χ4v) is 4.17. The minimum Gasteiger partial charge on any atom is -0.300 e. The molecule has 0 fully saturated rings. The minimum absolute atomic E-state index is 0.0859. The van der Waals surface area contributed by atoms with Gasteiger partial charge in [0.2, 0.25) is 0 Å². The number of aryl methyl sites for hydroxylation is 3. The number of amides is 1. The van der Waals surface area contributed by atoms with E-state index in [9.17, 15) is 13.2 Å². The Morgan fingerprint density at radius 2 is 1.68 bits per heavy atom. The van der Waals surface area contributed by atoms with E-state index in [0.29, 0.717) is 11.3 Å². The summed E-state index contributed by atoms with van der Waals surface area (Å²) in [7, 11) is -3.26. The quantitative estimate of drug-likeness (QED) is 0.846. The molecular formula is C20H21NO3S. The lowest BCUT2D eigenvalue weighted by Crippen LogP contribution is -2.41. The second-order valence-electron chi connectivity index (χ2n) is 6.54. The van der Waals surface area contributed by atoms with Crippen LogP contribution in [-0.4, -0.2) is 26.1 Å². The average molecular weight is 355 g/mol. The molecule has 0 aliphatic carbocycles. The molecule has 4 nitrogen and oxygen atoms in total. The van der Waals surface area contributed by atoms with Crippen LogP contribution in [0.25, 0.3) is 0 Å². The fourth-order valence-electron chi connectivity index (χ4n) is 2.90. The van der Waals surface area contributed by atoms with Crippen molar-refractivity contribution in [2.75, 3.05) is 10.7 Å². The molecule has 3 rings (SSSR count). The SMILES string of the molecule is Cc1ccc(N(C(=O)c2ccc(C)c(C)c2)C2C=CS(=O)(=O)C2)cc1. The Balaban J connectivity index is 2.04. The molecule has 130 valence electrons. The predicted octanol–water partition coefficient (Wildman–Crippen LogP) is 3.57. The monoisotopic (exact) mass is 355 g/mol. The number of nitrogens with zero attached hydrogens (tertiary/aromatic N) is 1. The smallest absolute Gasteiger partial charge is 0.258 e. The lowest BCUT2D eigenvalue weighted by atomic mass is 10.0. The summed E-state index contributed by atoms with van der Waals surface area (Å²) in [5, 5.41) is 1.20. The fraction of sp³-hybridized carbons (Fsp3) is 0.250. The van der Waals surface area contributed by atoms with Gasteiger partial charge in [-0.3, -0.25) is 4.79 Å². The third-order valence-electron chi connectivity index (χ3n) is 4.53. The van der Waals surface area contributed by atoms with Crippen LogP contribution in [0.15, 0.2) is 53.9 Å². The van der Waals surface area contributed by atoms with E-state index >= 15 is 0 Å². The Bertz CT molecular complexity index is 943. The van der Waals surface area contributed by atoms with E-state index in [1.807, 2.05) is 57.2 Å². The highest BCUT2D eigenvalue weighted by atomic mass is 32.2. The van der Waals surface area contributed by atoms with Crippen LogP contribution in [0.3, 0.4) is 0 Å². The molecule has 0 aromatic heterocycles. The van der Waals surface area contributed by atoms with Crippen LogP contribution >= 0.6 is 0 Å². The molecule has 0 spiro atoms. The maximum Gasteiger partial charge on any atom is 0.258 e. The average Bonchev–Trinajstić information content (AvgIpc) is 2.91. The van der Waals surface area contributed by atoms with Crippen molar-refractivity contribution in [2.24, 2.45) is 0 Å². The van der Waals surface area contributed by atoms with E-state index in [1.165, 1.54) is 5.41 Å². The van der Waals surface area contributed by atoms with Crippen LogP contribution in [0.4, 0.5) is 5.69 Å². The van der Waals surface area contributed by atoms with Crippen molar-refractivity contribution >= 4 is 21.4 Å². The molecular weight excluding hydrogens is 334 g/mol. The van der Waals surface area contributed by atoms with Gasteiger partial charge in [-0.05, 0) is 62.2 Å². The molecule has 0 bridgehead atoms. The van der Waals surface area contributed by atoms with E-state index in [-0.39, 0.29) is 11.7 Å². The zero-order chi connectivity index (χ0) is 18.2. The van der Waals surface area contributed by atoms with E-state index in [0.717, 1.165) is 16.7 Å². The first-order valence-corrected chi connectivity index (χ1v) is 9.87. The minimum atomic E-state index is -3.26. The summed E-state index contributed by atoms with van der Waals surface area (Å²) in [5.74, 6) is -0.281. The zero-order valence-corrected chi connectivity index (χ0v) is 15.4. The second-order valence-corrected chi connectivity index (χ2v) is 8.47. The Morgan fingerprint density at radius 1 is 1.00 bits per heavy atom. The van der Waals surface area contributed by atoms with Gasteiger partial charge in [-0.15, -0.1) is 0 Å². The Kier molecular flexibility index (Phi) is 4.52. The van der Waals surface area contributed by atoms with Crippen molar-refractivity contribution < 1.29 is 13.2 Å². The number of hydrogen-bond acceptors (Lipinski definition) is 3. The molecule has 1 amide bonds. The molecule has 2 aromatic rings. The van der Waals surface area contributed by atoms with Crippen molar-refractivity contribution in [3.05, 3.63) is 76.2 Å². The first kappa shape index (κ1) is 17.4. The van der Waals surface area contributed by atoms with E-state index in [2.05, 4.69) is 0 Å². The van der Waals surface area contributed by atoms with Crippen molar-refractivity contribution in [3.63, 3.8) is 0 Å². The normalized spacial score (nSPS) is 18.3.